The van der Waals surface area contributed by atoms with Gasteiger partial charge in [0.25, 0.3) is 0 Å². The summed E-state index contributed by atoms with van der Waals surface area (Å²) in [4.78, 5) is 30.9. The van der Waals surface area contributed by atoms with Crippen molar-refractivity contribution in [3.63, 3.8) is 0 Å². The van der Waals surface area contributed by atoms with Crippen molar-refractivity contribution in [2.75, 3.05) is 45.8 Å². The molecule has 50 heavy (non-hydrogen) atoms. The minimum absolute atomic E-state index is 0.0395. The Morgan fingerprint density at radius 1 is 1.08 bits per heavy atom. The maximum Gasteiger partial charge on any atom is 0.407 e. The number of benzene rings is 2. The van der Waals surface area contributed by atoms with Gasteiger partial charge in [0.2, 0.25) is 15.9 Å². The molecule has 0 aliphatic carbocycles. The zero-order valence-corrected chi connectivity index (χ0v) is 29.8. The summed E-state index contributed by atoms with van der Waals surface area (Å²) < 4.78 is 60.4. The van der Waals surface area contributed by atoms with Crippen LogP contribution in [0.5, 0.6) is 5.75 Å². The van der Waals surface area contributed by atoms with Gasteiger partial charge in [-0.2, -0.15) is 4.31 Å². The van der Waals surface area contributed by atoms with Crippen LogP contribution in [0, 0.1) is 11.7 Å². The van der Waals surface area contributed by atoms with E-state index >= 15 is 4.39 Å². The fraction of sp³-hybridized carbons (Fsp3) is 0.457. The van der Waals surface area contributed by atoms with E-state index < -0.39 is 45.8 Å². The number of rotatable bonds is 12. The van der Waals surface area contributed by atoms with Gasteiger partial charge in [0.1, 0.15) is 17.6 Å². The van der Waals surface area contributed by atoms with Gasteiger partial charge < -0.3 is 30.2 Å². The zero-order valence-electron chi connectivity index (χ0n) is 28.2. The number of ether oxygens (including phenoxy) is 3. The molecule has 2 aromatic carbocycles. The predicted molar refractivity (Wildman–Crippen MR) is 186 cm³/mol. The van der Waals surface area contributed by atoms with E-state index in [1.807, 2.05) is 19.1 Å². The molecule has 5 rings (SSSR count). The van der Waals surface area contributed by atoms with Crippen molar-refractivity contribution in [2.24, 2.45) is 5.92 Å². The van der Waals surface area contributed by atoms with Crippen LogP contribution in [-0.2, 0) is 30.7 Å². The predicted octanol–water partition coefficient (Wildman–Crippen LogP) is 4.74. The Labute approximate surface area is 297 Å². The van der Waals surface area contributed by atoms with E-state index in [4.69, 9.17) is 25.8 Å². The van der Waals surface area contributed by atoms with Crippen LogP contribution in [0.2, 0.25) is 5.02 Å². The van der Waals surface area contributed by atoms with Crippen LogP contribution < -0.4 is 20.7 Å². The number of nitrogens with one attached hydrogen (secondary N) is 3. The number of halogens is 2. The topological polar surface area (TPSA) is 148 Å². The van der Waals surface area contributed by atoms with Gasteiger partial charge in [0.15, 0.2) is 0 Å². The first-order chi connectivity index (χ1) is 24.0. The lowest BCUT2D eigenvalue weighted by atomic mass is 9.76. The molecule has 0 bridgehead atoms. The molecule has 270 valence electrons. The Morgan fingerprint density at radius 3 is 2.44 bits per heavy atom. The third-order valence-corrected chi connectivity index (χ3v) is 11.7. The lowest BCUT2D eigenvalue weighted by Crippen LogP contribution is -2.58. The molecule has 1 aromatic heterocycles. The number of carbonyl (C=O) groups is 2. The summed E-state index contributed by atoms with van der Waals surface area (Å²) >= 11 is 6.18. The minimum atomic E-state index is -3.91. The lowest BCUT2D eigenvalue weighted by Gasteiger charge is -2.40. The Kier molecular flexibility index (Phi) is 12.7. The molecule has 0 unspecified atom stereocenters. The average Bonchev–Trinajstić information content (AvgIpc) is 3.12. The third-order valence-electron chi connectivity index (χ3n) is 9.37. The Bertz CT molecular complexity index is 1730. The quantitative estimate of drug-likeness (QED) is 0.240. The molecule has 2 fully saturated rings. The molecule has 0 radical (unpaired) electrons. The molecule has 0 saturated carbocycles. The third kappa shape index (κ3) is 8.72. The molecule has 2 saturated heterocycles. The SMILES string of the molecule is COC(=O)N[C@H](C(=O)Nc1cncc(F)c1CC[C@H]1CNC[C@H](C)N1S(=O)(=O)c1ccc(OC)cc1)[C@@H](c1ccc(Cl)cc1)C1CCOCC1. The van der Waals surface area contributed by atoms with Crippen molar-refractivity contribution in [3.8, 4) is 5.75 Å². The van der Waals surface area contributed by atoms with Crippen molar-refractivity contribution >= 4 is 39.3 Å². The molecule has 3 N–H and O–H groups in total. The second kappa shape index (κ2) is 16.9. The van der Waals surface area contributed by atoms with Gasteiger partial charge >= 0.3 is 6.09 Å². The van der Waals surface area contributed by atoms with E-state index in [9.17, 15) is 18.0 Å². The van der Waals surface area contributed by atoms with Crippen LogP contribution in [0.3, 0.4) is 0 Å². The monoisotopic (exact) mass is 731 g/mol. The molecular weight excluding hydrogens is 689 g/mol. The number of methoxy groups -OCH3 is 2. The molecule has 3 heterocycles. The Morgan fingerprint density at radius 2 is 1.78 bits per heavy atom. The molecule has 3 aromatic rings. The first-order valence-electron chi connectivity index (χ1n) is 16.5. The van der Waals surface area contributed by atoms with Crippen LogP contribution in [0.25, 0.3) is 0 Å². The second-order valence-electron chi connectivity index (χ2n) is 12.5. The number of nitrogens with zero attached hydrogens (tertiary/aromatic N) is 2. The van der Waals surface area contributed by atoms with Crippen molar-refractivity contribution in [1.29, 1.82) is 0 Å². The summed E-state index contributed by atoms with van der Waals surface area (Å²) in [5.74, 6) is -1.24. The van der Waals surface area contributed by atoms with E-state index in [-0.39, 0.29) is 40.9 Å². The summed E-state index contributed by atoms with van der Waals surface area (Å²) in [6.45, 7) is 3.63. The number of anilines is 1. The van der Waals surface area contributed by atoms with Crippen LogP contribution in [0.4, 0.5) is 14.9 Å². The Hall–Kier alpha value is -3.82. The van der Waals surface area contributed by atoms with Gasteiger partial charge in [-0.15, -0.1) is 0 Å². The molecule has 2 amide bonds. The van der Waals surface area contributed by atoms with E-state index in [2.05, 4.69) is 20.9 Å². The fourth-order valence-corrected chi connectivity index (χ4v) is 8.85. The van der Waals surface area contributed by atoms with E-state index in [1.54, 1.807) is 24.3 Å². The maximum absolute atomic E-state index is 15.5. The summed E-state index contributed by atoms with van der Waals surface area (Å²) in [5.41, 5.74) is 1.07. The number of hydrogen-bond acceptors (Lipinski definition) is 9. The summed E-state index contributed by atoms with van der Waals surface area (Å²) in [6, 6.07) is 11.3. The fourth-order valence-electron chi connectivity index (χ4n) is 6.88. The van der Waals surface area contributed by atoms with Gasteiger partial charge in [-0.25, -0.2) is 17.6 Å². The van der Waals surface area contributed by atoms with Crippen molar-refractivity contribution < 1.29 is 36.6 Å². The highest BCUT2D eigenvalue weighted by Gasteiger charge is 2.40. The lowest BCUT2D eigenvalue weighted by molar-refractivity contribution is -0.119. The number of sulfonamides is 1. The van der Waals surface area contributed by atoms with Gasteiger partial charge in [0.05, 0.1) is 37.2 Å². The highest BCUT2D eigenvalue weighted by molar-refractivity contribution is 7.89. The van der Waals surface area contributed by atoms with Crippen LogP contribution in [0.15, 0.2) is 65.8 Å². The smallest absolute Gasteiger partial charge is 0.407 e. The zero-order chi connectivity index (χ0) is 35.8. The first-order valence-corrected chi connectivity index (χ1v) is 18.3. The molecule has 15 heteroatoms. The molecular formula is C35H43ClFN5O7S. The maximum atomic E-state index is 15.5. The number of hydrogen-bond donors (Lipinski definition) is 3. The van der Waals surface area contributed by atoms with Crippen molar-refractivity contribution in [2.45, 2.75) is 61.5 Å². The number of carbonyl (C=O) groups excluding carboxylic acids is 2. The second-order valence-corrected chi connectivity index (χ2v) is 14.8. The molecule has 4 atom stereocenters. The number of aromatic nitrogens is 1. The Balaban J connectivity index is 1.41. The summed E-state index contributed by atoms with van der Waals surface area (Å²) in [7, 11) is -1.19. The largest absolute Gasteiger partial charge is 0.497 e. The number of piperazine rings is 1. The van der Waals surface area contributed by atoms with Gasteiger partial charge in [-0.1, -0.05) is 23.7 Å². The van der Waals surface area contributed by atoms with Crippen LogP contribution in [-0.4, -0.2) is 88.4 Å². The van der Waals surface area contributed by atoms with Crippen molar-refractivity contribution in [3.05, 3.63) is 82.9 Å². The normalized spacial score (nSPS) is 20.0. The van der Waals surface area contributed by atoms with E-state index in [0.717, 1.165) is 11.8 Å². The van der Waals surface area contributed by atoms with Gasteiger partial charge in [-0.05, 0) is 80.5 Å². The van der Waals surface area contributed by atoms with Crippen LogP contribution >= 0.6 is 11.6 Å². The van der Waals surface area contributed by atoms with Gasteiger partial charge in [0, 0.05) is 54.9 Å². The summed E-state index contributed by atoms with van der Waals surface area (Å²) in [6.07, 6.45) is 3.24. The number of alkyl carbamates (subject to hydrolysis) is 1. The minimum Gasteiger partial charge on any atom is -0.497 e. The highest BCUT2D eigenvalue weighted by Crippen LogP contribution is 2.37. The molecule has 2 aliphatic heterocycles. The van der Waals surface area contributed by atoms with Crippen LogP contribution in [0.1, 0.15) is 43.2 Å². The van der Waals surface area contributed by atoms with Gasteiger partial charge in [-0.3, -0.25) is 9.78 Å². The molecule has 2 aliphatic rings. The standard InChI is InChI=1S/C35H43ClFN5O7S/c1-22-18-38-19-26(42(22)50(45,46)28-11-9-27(47-2)10-12-28)8-13-29-30(37)20-39-21-31(29)40-34(43)33(41-35(44)48-3)32(24-14-16-49-17-15-24)23-4-6-25(36)7-5-23/h4-7,9-12,20-22,24,26,32-33,38H,8,13-19H2,1-3H3,(H,40,43)(H,41,44)/t22-,26-,32-,33-/m0/s1. The summed E-state index contributed by atoms with van der Waals surface area (Å²) in [5, 5.41) is 9.35. The molecule has 0 spiro atoms. The van der Waals surface area contributed by atoms with E-state index in [0.29, 0.717) is 49.9 Å². The molecule has 12 nitrogen and oxygen atoms in total. The first kappa shape index (κ1) is 37.4. The highest BCUT2D eigenvalue weighted by atomic mass is 35.5. The number of amides is 2. The number of pyridine rings is 1. The van der Waals surface area contributed by atoms with E-state index in [1.165, 1.54) is 36.9 Å². The van der Waals surface area contributed by atoms with Crippen molar-refractivity contribution in [1.82, 2.24) is 19.9 Å². The average molecular weight is 732 g/mol.